The zero-order chi connectivity index (χ0) is 13.1. The second kappa shape index (κ2) is 5.67. The molecule has 2 nitrogen and oxygen atoms in total. The lowest BCUT2D eigenvalue weighted by Crippen LogP contribution is -2.05. The molecular formula is C14H13FINO. The first kappa shape index (κ1) is 13.3. The molecule has 0 radical (unpaired) electrons. The molecule has 0 spiro atoms. The molecule has 0 saturated heterocycles. The minimum absolute atomic E-state index is 0.188. The fraction of sp³-hybridized carbons (Fsp3) is 0.143. The van der Waals surface area contributed by atoms with E-state index in [2.05, 4.69) is 22.6 Å². The maximum atomic E-state index is 13.8. The molecule has 2 aromatic rings. The molecule has 4 heteroatoms. The van der Waals surface area contributed by atoms with E-state index >= 15 is 0 Å². The Morgan fingerprint density at radius 3 is 2.39 bits per heavy atom. The molecule has 0 heterocycles. The van der Waals surface area contributed by atoms with Crippen LogP contribution >= 0.6 is 22.6 Å². The van der Waals surface area contributed by atoms with Gasteiger partial charge in [-0.15, -0.1) is 0 Å². The topological polar surface area (TPSA) is 35.2 Å². The Morgan fingerprint density at radius 2 is 1.83 bits per heavy atom. The van der Waals surface area contributed by atoms with Crippen molar-refractivity contribution >= 4 is 22.6 Å². The minimum atomic E-state index is -0.400. The molecule has 94 valence electrons. The zero-order valence-electron chi connectivity index (χ0n) is 9.86. The lowest BCUT2D eigenvalue weighted by atomic mass is 10.1. The Labute approximate surface area is 119 Å². The SMILES string of the molecule is CC(N)c1ccc(Oc2ccc(I)cc2)c(F)c1. The van der Waals surface area contributed by atoms with Crippen molar-refractivity contribution in [3.8, 4) is 11.5 Å². The first-order chi connectivity index (χ1) is 8.56. The largest absolute Gasteiger partial charge is 0.454 e. The van der Waals surface area contributed by atoms with Gasteiger partial charge in [0.05, 0.1) is 0 Å². The first-order valence-corrected chi connectivity index (χ1v) is 6.62. The highest BCUT2D eigenvalue weighted by atomic mass is 127. The van der Waals surface area contributed by atoms with E-state index in [-0.39, 0.29) is 11.8 Å². The van der Waals surface area contributed by atoms with Crippen LogP contribution in [0.2, 0.25) is 0 Å². The van der Waals surface area contributed by atoms with Gasteiger partial charge < -0.3 is 10.5 Å². The standard InChI is InChI=1S/C14H13FINO/c1-9(17)10-2-7-14(13(15)8-10)18-12-5-3-11(16)4-6-12/h2-9H,17H2,1H3. The second-order valence-electron chi connectivity index (χ2n) is 4.03. The summed E-state index contributed by atoms with van der Waals surface area (Å²) in [4.78, 5) is 0. The van der Waals surface area contributed by atoms with Gasteiger partial charge in [0.1, 0.15) is 5.75 Å². The summed E-state index contributed by atoms with van der Waals surface area (Å²) < 4.78 is 20.4. The number of halogens is 2. The van der Waals surface area contributed by atoms with Crippen LogP contribution in [0.4, 0.5) is 4.39 Å². The van der Waals surface area contributed by atoms with E-state index in [1.165, 1.54) is 6.07 Å². The smallest absolute Gasteiger partial charge is 0.166 e. The van der Waals surface area contributed by atoms with E-state index in [0.29, 0.717) is 5.75 Å². The molecule has 0 aliphatic rings. The number of benzene rings is 2. The van der Waals surface area contributed by atoms with E-state index in [1.807, 2.05) is 19.1 Å². The minimum Gasteiger partial charge on any atom is -0.454 e. The fourth-order valence-electron chi connectivity index (χ4n) is 1.51. The van der Waals surface area contributed by atoms with E-state index in [9.17, 15) is 4.39 Å². The van der Waals surface area contributed by atoms with Crippen LogP contribution < -0.4 is 10.5 Å². The maximum absolute atomic E-state index is 13.8. The van der Waals surface area contributed by atoms with Crippen LogP contribution in [0, 0.1) is 9.39 Å². The molecule has 0 aliphatic heterocycles. The summed E-state index contributed by atoms with van der Waals surface area (Å²) in [6.45, 7) is 1.81. The normalized spacial score (nSPS) is 12.2. The summed E-state index contributed by atoms with van der Waals surface area (Å²) in [5, 5.41) is 0. The third kappa shape index (κ3) is 3.20. The summed E-state index contributed by atoms with van der Waals surface area (Å²) in [6, 6.07) is 12.0. The van der Waals surface area contributed by atoms with Gasteiger partial charge >= 0.3 is 0 Å². The summed E-state index contributed by atoms with van der Waals surface area (Å²) in [5.41, 5.74) is 6.45. The summed E-state index contributed by atoms with van der Waals surface area (Å²) in [6.07, 6.45) is 0. The van der Waals surface area contributed by atoms with Crippen LogP contribution in [0.3, 0.4) is 0 Å². The van der Waals surface area contributed by atoms with Gasteiger partial charge in [-0.3, -0.25) is 0 Å². The van der Waals surface area contributed by atoms with Crippen molar-refractivity contribution in [3.63, 3.8) is 0 Å². The Morgan fingerprint density at radius 1 is 1.17 bits per heavy atom. The maximum Gasteiger partial charge on any atom is 0.166 e. The van der Waals surface area contributed by atoms with Crippen molar-refractivity contribution in [2.75, 3.05) is 0 Å². The molecule has 1 unspecified atom stereocenters. The predicted octanol–water partition coefficient (Wildman–Crippen LogP) is 4.24. The highest BCUT2D eigenvalue weighted by Crippen LogP contribution is 2.26. The van der Waals surface area contributed by atoms with Crippen molar-refractivity contribution in [2.24, 2.45) is 5.73 Å². The van der Waals surface area contributed by atoms with E-state index in [0.717, 1.165) is 9.13 Å². The highest BCUT2D eigenvalue weighted by Gasteiger charge is 2.08. The van der Waals surface area contributed by atoms with Gasteiger partial charge in [0.15, 0.2) is 11.6 Å². The Kier molecular flexibility index (Phi) is 4.19. The molecular weight excluding hydrogens is 344 g/mol. The van der Waals surface area contributed by atoms with Crippen molar-refractivity contribution in [1.29, 1.82) is 0 Å². The fourth-order valence-corrected chi connectivity index (χ4v) is 1.87. The zero-order valence-corrected chi connectivity index (χ0v) is 12.0. The number of rotatable bonds is 3. The van der Waals surface area contributed by atoms with Gasteiger partial charge in [0, 0.05) is 9.61 Å². The molecule has 1 atom stereocenters. The number of hydrogen-bond donors (Lipinski definition) is 1. The lowest BCUT2D eigenvalue weighted by Gasteiger charge is -2.10. The van der Waals surface area contributed by atoms with Crippen molar-refractivity contribution in [1.82, 2.24) is 0 Å². The van der Waals surface area contributed by atoms with Crippen LogP contribution in [0.5, 0.6) is 11.5 Å². The van der Waals surface area contributed by atoms with E-state index < -0.39 is 5.82 Å². The Hall–Kier alpha value is -1.14. The van der Waals surface area contributed by atoms with Crippen molar-refractivity contribution in [2.45, 2.75) is 13.0 Å². The van der Waals surface area contributed by atoms with Crippen LogP contribution in [0.25, 0.3) is 0 Å². The van der Waals surface area contributed by atoms with Crippen molar-refractivity contribution in [3.05, 3.63) is 57.4 Å². The highest BCUT2D eigenvalue weighted by molar-refractivity contribution is 14.1. The van der Waals surface area contributed by atoms with Crippen LogP contribution in [0.1, 0.15) is 18.5 Å². The molecule has 0 bridgehead atoms. The number of nitrogens with two attached hydrogens (primary N) is 1. The molecule has 0 amide bonds. The molecule has 2 aromatic carbocycles. The van der Waals surface area contributed by atoms with Crippen LogP contribution in [0.15, 0.2) is 42.5 Å². The third-order valence-electron chi connectivity index (χ3n) is 2.52. The Bertz CT molecular complexity index is 540. The molecule has 2 N–H and O–H groups in total. The summed E-state index contributed by atoms with van der Waals surface area (Å²) >= 11 is 2.20. The summed E-state index contributed by atoms with van der Waals surface area (Å²) in [5.74, 6) is 0.423. The second-order valence-corrected chi connectivity index (χ2v) is 5.28. The van der Waals surface area contributed by atoms with Gasteiger partial charge in [-0.05, 0) is 71.5 Å². The van der Waals surface area contributed by atoms with Crippen LogP contribution in [-0.4, -0.2) is 0 Å². The van der Waals surface area contributed by atoms with Crippen molar-refractivity contribution < 1.29 is 9.13 Å². The molecule has 0 aliphatic carbocycles. The number of ether oxygens (including phenoxy) is 1. The van der Waals surface area contributed by atoms with E-state index in [1.54, 1.807) is 24.3 Å². The molecule has 0 aromatic heterocycles. The third-order valence-corrected chi connectivity index (χ3v) is 3.24. The van der Waals surface area contributed by atoms with E-state index in [4.69, 9.17) is 10.5 Å². The van der Waals surface area contributed by atoms with Crippen LogP contribution in [-0.2, 0) is 0 Å². The average molecular weight is 357 g/mol. The molecule has 18 heavy (non-hydrogen) atoms. The van der Waals surface area contributed by atoms with Gasteiger partial charge in [-0.1, -0.05) is 6.07 Å². The predicted molar refractivity (Wildman–Crippen MR) is 78.2 cm³/mol. The monoisotopic (exact) mass is 357 g/mol. The van der Waals surface area contributed by atoms with Gasteiger partial charge in [0.2, 0.25) is 0 Å². The molecule has 0 saturated carbocycles. The van der Waals surface area contributed by atoms with Gasteiger partial charge in [-0.25, -0.2) is 4.39 Å². The molecule has 0 fully saturated rings. The quantitative estimate of drug-likeness (QED) is 0.834. The molecule has 2 rings (SSSR count). The number of hydrogen-bond acceptors (Lipinski definition) is 2. The average Bonchev–Trinajstić information content (AvgIpc) is 2.34. The lowest BCUT2D eigenvalue weighted by molar-refractivity contribution is 0.441. The first-order valence-electron chi connectivity index (χ1n) is 5.54. The van der Waals surface area contributed by atoms with Gasteiger partial charge in [-0.2, -0.15) is 0 Å². The van der Waals surface area contributed by atoms with Gasteiger partial charge in [0.25, 0.3) is 0 Å². The summed E-state index contributed by atoms with van der Waals surface area (Å²) in [7, 11) is 0. The Balaban J connectivity index is 2.22.